The van der Waals surface area contributed by atoms with Crippen molar-refractivity contribution < 1.29 is 4.79 Å². The Balaban J connectivity index is 2.46. The topological polar surface area (TPSA) is 29.1 Å². The summed E-state index contributed by atoms with van der Waals surface area (Å²) in [7, 11) is 0. The third-order valence-electron chi connectivity index (χ3n) is 2.22. The SMILES string of the molecule is Cc1ccsc1C(=O)NC(C)CCCCl. The van der Waals surface area contributed by atoms with Gasteiger partial charge in [0.2, 0.25) is 0 Å². The minimum absolute atomic E-state index is 0.0320. The summed E-state index contributed by atoms with van der Waals surface area (Å²) in [6.07, 6.45) is 1.87. The molecule has 0 saturated heterocycles. The van der Waals surface area contributed by atoms with Gasteiger partial charge in [0, 0.05) is 11.9 Å². The minimum Gasteiger partial charge on any atom is -0.349 e. The molecule has 4 heteroatoms. The van der Waals surface area contributed by atoms with Gasteiger partial charge < -0.3 is 5.32 Å². The Hall–Kier alpha value is -0.540. The fraction of sp³-hybridized carbons (Fsp3) is 0.545. The first kappa shape index (κ1) is 12.5. The van der Waals surface area contributed by atoms with Crippen molar-refractivity contribution in [1.29, 1.82) is 0 Å². The van der Waals surface area contributed by atoms with Gasteiger partial charge in [-0.2, -0.15) is 0 Å². The Morgan fingerprint density at radius 3 is 2.93 bits per heavy atom. The highest BCUT2D eigenvalue weighted by atomic mass is 35.5. The van der Waals surface area contributed by atoms with Crippen LogP contribution in [0.25, 0.3) is 0 Å². The van der Waals surface area contributed by atoms with Crippen LogP contribution in [0.1, 0.15) is 35.0 Å². The van der Waals surface area contributed by atoms with Crippen LogP contribution in [0.15, 0.2) is 11.4 Å². The standard InChI is InChI=1S/C11H16ClNOS/c1-8-5-7-15-10(8)11(14)13-9(2)4-3-6-12/h5,7,9H,3-4,6H2,1-2H3,(H,13,14). The molecule has 1 amide bonds. The average Bonchev–Trinajstić information content (AvgIpc) is 2.61. The zero-order chi connectivity index (χ0) is 11.3. The highest BCUT2D eigenvalue weighted by Gasteiger charge is 2.12. The van der Waals surface area contributed by atoms with Crippen molar-refractivity contribution in [3.63, 3.8) is 0 Å². The molecule has 15 heavy (non-hydrogen) atoms. The lowest BCUT2D eigenvalue weighted by Gasteiger charge is -2.12. The maximum absolute atomic E-state index is 11.8. The average molecular weight is 246 g/mol. The monoisotopic (exact) mass is 245 g/mol. The van der Waals surface area contributed by atoms with E-state index < -0.39 is 0 Å². The Morgan fingerprint density at radius 1 is 1.67 bits per heavy atom. The number of aryl methyl sites for hydroxylation is 1. The second-order valence-corrected chi connectivity index (χ2v) is 4.93. The van der Waals surface area contributed by atoms with Crippen molar-refractivity contribution in [3.05, 3.63) is 21.9 Å². The fourth-order valence-electron chi connectivity index (χ4n) is 1.35. The van der Waals surface area contributed by atoms with Crippen molar-refractivity contribution >= 4 is 28.8 Å². The van der Waals surface area contributed by atoms with Gasteiger partial charge in [-0.3, -0.25) is 4.79 Å². The molecule has 0 aromatic carbocycles. The first-order chi connectivity index (χ1) is 7.15. The third-order valence-corrected chi connectivity index (χ3v) is 3.50. The minimum atomic E-state index is 0.0320. The molecule has 84 valence electrons. The molecule has 1 rings (SSSR count). The van der Waals surface area contributed by atoms with Gasteiger partial charge in [-0.15, -0.1) is 22.9 Å². The van der Waals surface area contributed by atoms with E-state index in [-0.39, 0.29) is 11.9 Å². The summed E-state index contributed by atoms with van der Waals surface area (Å²) in [6.45, 7) is 3.96. The predicted molar refractivity (Wildman–Crippen MR) is 65.9 cm³/mol. The molecule has 1 atom stereocenters. The molecule has 0 aliphatic heterocycles. The van der Waals surface area contributed by atoms with Crippen LogP contribution in [0.3, 0.4) is 0 Å². The molecule has 1 N–H and O–H groups in total. The molecule has 1 aromatic heterocycles. The van der Waals surface area contributed by atoms with Crippen LogP contribution < -0.4 is 5.32 Å². The maximum atomic E-state index is 11.8. The summed E-state index contributed by atoms with van der Waals surface area (Å²) in [6, 6.07) is 2.15. The normalized spacial score (nSPS) is 12.5. The highest BCUT2D eigenvalue weighted by molar-refractivity contribution is 7.12. The maximum Gasteiger partial charge on any atom is 0.261 e. The lowest BCUT2D eigenvalue weighted by Crippen LogP contribution is -2.32. The second kappa shape index (κ2) is 6.13. The zero-order valence-corrected chi connectivity index (χ0v) is 10.6. The first-order valence-electron chi connectivity index (χ1n) is 5.06. The number of hydrogen-bond acceptors (Lipinski definition) is 2. The first-order valence-corrected chi connectivity index (χ1v) is 6.47. The molecular formula is C11H16ClNOS. The number of hydrogen-bond donors (Lipinski definition) is 1. The van der Waals surface area contributed by atoms with E-state index in [2.05, 4.69) is 5.32 Å². The van der Waals surface area contributed by atoms with E-state index in [1.807, 2.05) is 25.3 Å². The molecular weight excluding hydrogens is 230 g/mol. The van der Waals surface area contributed by atoms with Gasteiger partial charge in [0.15, 0.2) is 0 Å². The van der Waals surface area contributed by atoms with Crippen LogP contribution >= 0.6 is 22.9 Å². The third kappa shape index (κ3) is 3.84. The van der Waals surface area contributed by atoms with Crippen LogP contribution in [-0.4, -0.2) is 17.8 Å². The van der Waals surface area contributed by atoms with E-state index in [9.17, 15) is 4.79 Å². The quantitative estimate of drug-likeness (QED) is 0.794. The molecule has 1 aromatic rings. The van der Waals surface area contributed by atoms with E-state index in [0.29, 0.717) is 5.88 Å². The second-order valence-electron chi connectivity index (χ2n) is 3.64. The summed E-state index contributed by atoms with van der Waals surface area (Å²) < 4.78 is 0. The fourth-order valence-corrected chi connectivity index (χ4v) is 2.33. The number of amides is 1. The smallest absolute Gasteiger partial charge is 0.261 e. The van der Waals surface area contributed by atoms with E-state index in [0.717, 1.165) is 23.3 Å². The van der Waals surface area contributed by atoms with Crippen LogP contribution in [0.2, 0.25) is 0 Å². The molecule has 0 radical (unpaired) electrons. The number of carbonyl (C=O) groups excluding carboxylic acids is 1. The highest BCUT2D eigenvalue weighted by Crippen LogP contribution is 2.15. The van der Waals surface area contributed by atoms with Gasteiger partial charge >= 0.3 is 0 Å². The lowest BCUT2D eigenvalue weighted by atomic mass is 10.2. The van der Waals surface area contributed by atoms with Crippen LogP contribution in [-0.2, 0) is 0 Å². The predicted octanol–water partition coefficient (Wildman–Crippen LogP) is 3.19. The molecule has 0 aliphatic rings. The summed E-state index contributed by atoms with van der Waals surface area (Å²) in [5, 5.41) is 4.91. The van der Waals surface area contributed by atoms with Gasteiger partial charge in [0.05, 0.1) is 4.88 Å². The summed E-state index contributed by atoms with van der Waals surface area (Å²) in [5.74, 6) is 0.683. The summed E-state index contributed by atoms with van der Waals surface area (Å²) in [4.78, 5) is 12.6. The van der Waals surface area contributed by atoms with Crippen molar-refractivity contribution in [2.45, 2.75) is 32.7 Å². The molecule has 0 saturated carbocycles. The van der Waals surface area contributed by atoms with E-state index in [1.165, 1.54) is 11.3 Å². The molecule has 0 aliphatic carbocycles. The Bertz CT molecular complexity index is 324. The number of halogens is 1. The van der Waals surface area contributed by atoms with Gasteiger partial charge in [-0.25, -0.2) is 0 Å². The largest absolute Gasteiger partial charge is 0.349 e. The van der Waals surface area contributed by atoms with Crippen molar-refractivity contribution in [2.24, 2.45) is 0 Å². The Labute approximate surface area is 99.6 Å². The molecule has 0 bridgehead atoms. The number of nitrogens with one attached hydrogen (secondary N) is 1. The number of carbonyl (C=O) groups is 1. The lowest BCUT2D eigenvalue weighted by molar-refractivity contribution is 0.0942. The van der Waals surface area contributed by atoms with Crippen LogP contribution in [0.5, 0.6) is 0 Å². The van der Waals surface area contributed by atoms with Gasteiger partial charge in [0.1, 0.15) is 0 Å². The van der Waals surface area contributed by atoms with Gasteiger partial charge in [0.25, 0.3) is 5.91 Å². The molecule has 0 spiro atoms. The number of alkyl halides is 1. The van der Waals surface area contributed by atoms with Crippen LogP contribution in [0, 0.1) is 6.92 Å². The Kier molecular flexibility index (Phi) is 5.12. The summed E-state index contributed by atoms with van der Waals surface area (Å²) in [5.41, 5.74) is 1.04. The number of rotatable bonds is 5. The molecule has 1 heterocycles. The van der Waals surface area contributed by atoms with Crippen LogP contribution in [0.4, 0.5) is 0 Å². The zero-order valence-electron chi connectivity index (χ0n) is 9.05. The van der Waals surface area contributed by atoms with Crippen molar-refractivity contribution in [3.8, 4) is 0 Å². The van der Waals surface area contributed by atoms with E-state index >= 15 is 0 Å². The van der Waals surface area contributed by atoms with E-state index in [4.69, 9.17) is 11.6 Å². The molecule has 2 nitrogen and oxygen atoms in total. The summed E-state index contributed by atoms with van der Waals surface area (Å²) >= 11 is 7.08. The van der Waals surface area contributed by atoms with Gasteiger partial charge in [-0.05, 0) is 43.7 Å². The Morgan fingerprint density at radius 2 is 2.40 bits per heavy atom. The number of thiophene rings is 1. The molecule has 0 fully saturated rings. The molecule has 1 unspecified atom stereocenters. The van der Waals surface area contributed by atoms with Gasteiger partial charge in [-0.1, -0.05) is 0 Å². The van der Waals surface area contributed by atoms with Crippen molar-refractivity contribution in [2.75, 3.05) is 5.88 Å². The van der Waals surface area contributed by atoms with E-state index in [1.54, 1.807) is 0 Å². The van der Waals surface area contributed by atoms with Crippen molar-refractivity contribution in [1.82, 2.24) is 5.32 Å².